The van der Waals surface area contributed by atoms with Gasteiger partial charge in [0.15, 0.2) is 17.0 Å². The third-order valence-corrected chi connectivity index (χ3v) is 23.1. The predicted molar refractivity (Wildman–Crippen MR) is 450 cm³/mol. The van der Waals surface area contributed by atoms with Crippen LogP contribution in [-0.2, 0) is 106 Å². The van der Waals surface area contributed by atoms with E-state index in [0.29, 0.717) is 229 Å². The number of piperidine rings is 1. The van der Waals surface area contributed by atoms with E-state index >= 15 is 0 Å². The summed E-state index contributed by atoms with van der Waals surface area (Å²) in [7, 11) is 4.51. The minimum atomic E-state index is -2.48. The second-order valence-corrected chi connectivity index (χ2v) is 32.4. The number of hydrogen-bond acceptors (Lipinski definition) is 30. The number of ether oxygens (including phenoxy) is 14. The maximum atomic E-state index is 14.7. The summed E-state index contributed by atoms with van der Waals surface area (Å²) >= 11 is 0. The van der Waals surface area contributed by atoms with Gasteiger partial charge in [0.2, 0.25) is 5.79 Å². The quantitative estimate of drug-likeness (QED) is 0.0139. The van der Waals surface area contributed by atoms with Crippen molar-refractivity contribution in [1.29, 1.82) is 0 Å². The highest BCUT2D eigenvalue weighted by atomic mass is 16.6. The molecule has 121 heavy (non-hydrogen) atoms. The van der Waals surface area contributed by atoms with E-state index in [-0.39, 0.29) is 73.4 Å². The molecule has 4 aliphatic rings. The van der Waals surface area contributed by atoms with Gasteiger partial charge in [-0.2, -0.15) is 10.1 Å². The smallest absolute Gasteiger partial charge is 0.329 e. The molecule has 3 aromatic heterocycles. The fourth-order valence-electron chi connectivity index (χ4n) is 16.0. The zero-order valence-corrected chi connectivity index (χ0v) is 72.7. The van der Waals surface area contributed by atoms with Crippen molar-refractivity contribution < 1.29 is 115 Å². The highest BCUT2D eigenvalue weighted by molar-refractivity contribution is 6.39. The first-order chi connectivity index (χ1) is 58.3. The minimum absolute atomic E-state index is 0.00298. The van der Waals surface area contributed by atoms with Crippen LogP contribution in [0.15, 0.2) is 76.5 Å². The van der Waals surface area contributed by atoms with Crippen LogP contribution in [0.1, 0.15) is 170 Å². The predicted octanol–water partition coefficient (Wildman–Crippen LogP) is 9.98. The summed E-state index contributed by atoms with van der Waals surface area (Å²) in [6.07, 6.45) is 15.5. The molecule has 6 N–H and O–H groups in total. The molecule has 0 spiro atoms. The number of nitrogens with two attached hydrogens (primary N) is 2. The summed E-state index contributed by atoms with van der Waals surface area (Å²) in [6, 6.07) is 4.39. The Morgan fingerprint density at radius 3 is 2.00 bits per heavy atom. The lowest BCUT2D eigenvalue weighted by atomic mass is 9.78. The molecular weight excluding hydrogens is 1570 g/mol. The molecule has 3 fully saturated rings. The number of nitrogen functional groups attached to an aromatic ring is 2. The Morgan fingerprint density at radius 2 is 1.35 bits per heavy atom. The van der Waals surface area contributed by atoms with Crippen molar-refractivity contribution in [2.75, 3.05) is 145 Å². The summed E-state index contributed by atoms with van der Waals surface area (Å²) in [5.74, 6) is -8.47. The number of allylic oxidation sites excluding steroid dienone is 6. The fraction of sp³-hybridized carbons (Fsp3) is 0.697. The van der Waals surface area contributed by atoms with Crippen LogP contribution in [0, 0.1) is 35.5 Å². The Hall–Kier alpha value is -7.67. The molecule has 1 saturated carbocycles. The van der Waals surface area contributed by atoms with Crippen LogP contribution in [0.3, 0.4) is 0 Å². The topological polar surface area (TPSA) is 414 Å². The molecule has 8 rings (SSSR count). The third kappa shape index (κ3) is 31.2. The number of carbonyl (C=O) groups is 7. The van der Waals surface area contributed by atoms with E-state index in [2.05, 4.69) is 15.0 Å². The van der Waals surface area contributed by atoms with Crippen LogP contribution in [0.4, 0.5) is 11.8 Å². The maximum absolute atomic E-state index is 14.7. The number of cyclic esters (lactones) is 1. The lowest BCUT2D eigenvalue weighted by Crippen LogP contribution is -2.61. The molecule has 32 heteroatoms. The highest BCUT2D eigenvalue weighted by Gasteiger charge is 2.53. The second-order valence-electron chi connectivity index (χ2n) is 32.4. The van der Waals surface area contributed by atoms with Crippen molar-refractivity contribution in [2.45, 2.75) is 232 Å². The van der Waals surface area contributed by atoms with Crippen molar-refractivity contribution in [2.24, 2.45) is 35.5 Å². The molecule has 3 aliphatic heterocycles. The van der Waals surface area contributed by atoms with Crippen LogP contribution in [0.25, 0.3) is 33.4 Å². The van der Waals surface area contributed by atoms with E-state index in [4.69, 9.17) is 87.3 Å². The molecule has 2 saturated heterocycles. The number of ketones is 4. The Balaban J connectivity index is 0.653. The highest BCUT2D eigenvalue weighted by Crippen LogP contribution is 2.40. The van der Waals surface area contributed by atoms with E-state index in [1.54, 1.807) is 54.1 Å². The molecule has 0 radical (unpaired) electrons. The zero-order chi connectivity index (χ0) is 87.2. The number of aliphatic hydroxyl groups is 2. The number of anilines is 2. The van der Waals surface area contributed by atoms with Crippen molar-refractivity contribution >= 4 is 74.9 Å². The number of benzene rings is 1. The van der Waals surface area contributed by atoms with Gasteiger partial charge in [-0.1, -0.05) is 77.5 Å². The summed E-state index contributed by atoms with van der Waals surface area (Å²) in [5.41, 5.74) is 16.5. The maximum Gasteiger partial charge on any atom is 0.329 e. The molecule has 6 heterocycles. The SMILES string of the molecule is CO[C@H]1C[C@@H]2CC[C@@H](C)[C@@](O)(O2)C(=O)C(=O)N2CCCC[C@H]2C(=O)O[C@H]([C@H](C)C[C@@H]2CC[C@@H](OC(=O)CCCOCCOCCOCCOCCOCCOCCOCCOCCC(=O)CCCCCn3nc(-c4ccc5oc(N)nc5c4)c4c(N)ncnc43)[C@H](OC)C2)CC(=O)[C@H](C)/C=C(\C)[C@@H](O)[C@@H](OC)C(=O)[C@H](C)C[C@H](C)/C=C/C=C/C=C/1C. The molecule has 32 nitrogen and oxygen atoms in total. The molecule has 2 bridgehead atoms. The molecule has 1 aromatic carbocycles. The molecular formula is C89H134N8O24. The van der Waals surface area contributed by atoms with E-state index in [1.807, 2.05) is 68.0 Å². The standard InChI is InChI=1S/C89H134N8O24/c1-58-20-13-11-14-21-59(2)74(107-8)55-68-28-25-64(7)89(106,121-68)83(103)86(104)96-32-18-16-23-70(96)87(105)119-75(56-71(99)60(3)51-63(6)81(102)82(109-10)80(101)62(5)50-58)61(4)52-65-26-29-73(76(53-65)108-9)118-77(100)24-19-34-110-36-38-112-40-42-114-44-46-116-48-49-117-47-45-115-43-41-113-39-37-111-35-31-67(98)22-15-12-17-33-97-85-78(84(90)92-57-93-85)79(95-97)66-27-30-72-69(54-66)94-88(91)120-72/h11,13-14,20-21,27,30,51,54,57-58,60-62,64-65,68,70,73-76,81-82,102,106H,12,15-19,22-26,28-29,31-50,52-53,55-56H2,1-10H3,(H2,91,94)(H2,90,92,93)/b14-11+,20-13+,59-21+,63-51+/t58-,60-,61-,62-,64-,65+,68+,70+,73-,74+,75+,76-,81-,82+,89-/m1/s1. The van der Waals surface area contributed by atoms with Gasteiger partial charge in [0.05, 0.1) is 123 Å². The number of aliphatic hydroxyl groups excluding tert-OH is 1. The van der Waals surface area contributed by atoms with E-state index in [0.717, 1.165) is 30.4 Å². The van der Waals surface area contributed by atoms with Gasteiger partial charge in [-0.15, -0.1) is 0 Å². The van der Waals surface area contributed by atoms with Gasteiger partial charge in [0.25, 0.3) is 17.7 Å². The lowest BCUT2D eigenvalue weighted by molar-refractivity contribution is -0.265. The largest absolute Gasteiger partial charge is 0.460 e. The first-order valence-corrected chi connectivity index (χ1v) is 43.3. The number of methoxy groups -OCH3 is 3. The Kier molecular flexibility index (Phi) is 42.6. The van der Waals surface area contributed by atoms with Gasteiger partial charge < -0.3 is 97.3 Å². The van der Waals surface area contributed by atoms with Gasteiger partial charge in [-0.05, 0) is 144 Å². The average Bonchev–Trinajstić information content (AvgIpc) is 1.75. The van der Waals surface area contributed by atoms with Crippen LogP contribution in [0.2, 0.25) is 0 Å². The van der Waals surface area contributed by atoms with Gasteiger partial charge in [-0.25, -0.2) is 19.4 Å². The van der Waals surface area contributed by atoms with Crippen LogP contribution < -0.4 is 11.5 Å². The van der Waals surface area contributed by atoms with E-state index in [9.17, 15) is 43.8 Å². The number of aryl methyl sites for hydroxylation is 1. The summed E-state index contributed by atoms with van der Waals surface area (Å²) in [5, 5.41) is 29.3. The lowest BCUT2D eigenvalue weighted by Gasteiger charge is -2.42. The fourth-order valence-corrected chi connectivity index (χ4v) is 16.0. The normalized spacial score (nSPS) is 27.2. The average molecular weight is 1700 g/mol. The van der Waals surface area contributed by atoms with Crippen LogP contribution in [-0.4, -0.2) is 269 Å². The van der Waals surface area contributed by atoms with Crippen molar-refractivity contribution in [3.63, 3.8) is 0 Å². The second kappa shape index (κ2) is 52.2. The molecule has 1 aliphatic carbocycles. The first-order valence-electron chi connectivity index (χ1n) is 43.3. The molecule has 1 amide bonds. The molecule has 15 atom stereocenters. The minimum Gasteiger partial charge on any atom is -0.460 e. The monoisotopic (exact) mass is 1700 g/mol. The number of carbonyl (C=O) groups excluding carboxylic acids is 7. The number of Topliss-reactive ketones (excluding diaryl/α,β-unsaturated/α-hetero) is 4. The Labute approximate surface area is 711 Å². The molecule has 4 aromatic rings. The number of aromatic nitrogens is 5. The number of hydrogen-bond donors (Lipinski definition) is 4. The van der Waals surface area contributed by atoms with Crippen LogP contribution in [0.5, 0.6) is 0 Å². The number of oxazole rings is 1. The summed E-state index contributed by atoms with van der Waals surface area (Å²) < 4.78 is 88.2. The molecule has 0 unspecified atom stereocenters. The number of unbranched alkanes of at least 4 members (excludes halogenated alkanes) is 2. The Morgan fingerprint density at radius 1 is 0.686 bits per heavy atom. The third-order valence-electron chi connectivity index (χ3n) is 23.1. The van der Waals surface area contributed by atoms with Gasteiger partial charge in [-0.3, -0.25) is 28.8 Å². The van der Waals surface area contributed by atoms with Crippen molar-refractivity contribution in [3.8, 4) is 11.3 Å². The van der Waals surface area contributed by atoms with Gasteiger partial charge in [0.1, 0.15) is 65.4 Å². The summed E-state index contributed by atoms with van der Waals surface area (Å²) in [6.45, 7) is 19.4. The number of amides is 1. The van der Waals surface area contributed by atoms with Crippen molar-refractivity contribution in [1.82, 2.24) is 29.6 Å². The number of rotatable bonds is 42. The summed E-state index contributed by atoms with van der Waals surface area (Å²) in [4.78, 5) is 112. The van der Waals surface area contributed by atoms with E-state index < -0.39 is 95.9 Å². The Bertz CT molecular complexity index is 4010. The van der Waals surface area contributed by atoms with Crippen LogP contribution >= 0.6 is 0 Å². The van der Waals surface area contributed by atoms with Gasteiger partial charge >= 0.3 is 11.9 Å². The number of fused-ring (bicyclic) bond motifs is 5. The van der Waals surface area contributed by atoms with Crippen molar-refractivity contribution in [3.05, 3.63) is 72.1 Å². The molecule has 674 valence electrons. The number of nitrogens with zero attached hydrogens (tertiary/aromatic N) is 6. The van der Waals surface area contributed by atoms with E-state index in [1.165, 1.54) is 18.3 Å². The zero-order valence-electron chi connectivity index (χ0n) is 72.7. The van der Waals surface area contributed by atoms with Gasteiger partial charge in [0, 0.05) is 96.4 Å². The number of esters is 2. The first kappa shape index (κ1) is 98.8.